The van der Waals surface area contributed by atoms with E-state index in [0.29, 0.717) is 0 Å². The second-order valence-electron chi connectivity index (χ2n) is 4.86. The van der Waals surface area contributed by atoms with Crippen molar-refractivity contribution in [3.05, 3.63) is 35.4 Å². The lowest BCUT2D eigenvalue weighted by atomic mass is 9.81. The summed E-state index contributed by atoms with van der Waals surface area (Å²) in [5.41, 5.74) is 2.98. The van der Waals surface area contributed by atoms with E-state index in [0.717, 1.165) is 12.3 Å². The maximum Gasteiger partial charge on any atom is 0.0280 e. The Hall–Kier alpha value is -0.490. The maximum absolute atomic E-state index is 6.07. The number of benzene rings is 1. The smallest absolute Gasteiger partial charge is 0.0280 e. The van der Waals surface area contributed by atoms with Crippen LogP contribution in [0.4, 0.5) is 0 Å². The van der Waals surface area contributed by atoms with Crippen LogP contribution in [0, 0.1) is 12.3 Å². The van der Waals surface area contributed by atoms with Crippen LogP contribution >= 0.6 is 11.6 Å². The minimum Gasteiger partial charge on any atom is -0.126 e. The van der Waals surface area contributed by atoms with Crippen molar-refractivity contribution in [2.24, 2.45) is 5.41 Å². The SMILES string of the molecule is CCCC(C)(CCl)Cc1ccc(C)cc1. The number of alkyl halides is 1. The minimum atomic E-state index is 0.256. The fourth-order valence-corrected chi connectivity index (χ4v) is 2.23. The molecule has 15 heavy (non-hydrogen) atoms. The van der Waals surface area contributed by atoms with Gasteiger partial charge in [0.05, 0.1) is 0 Å². The third-order valence-corrected chi connectivity index (χ3v) is 3.57. The molecule has 0 aromatic heterocycles. The maximum atomic E-state index is 6.07. The Morgan fingerprint density at radius 3 is 2.27 bits per heavy atom. The van der Waals surface area contributed by atoms with Gasteiger partial charge in [-0.1, -0.05) is 50.1 Å². The van der Waals surface area contributed by atoms with E-state index in [9.17, 15) is 0 Å². The number of hydrogen-bond donors (Lipinski definition) is 0. The lowest BCUT2D eigenvalue weighted by Gasteiger charge is -2.26. The van der Waals surface area contributed by atoms with E-state index in [2.05, 4.69) is 45.0 Å². The Labute approximate surface area is 98.7 Å². The zero-order valence-electron chi connectivity index (χ0n) is 10.0. The summed E-state index contributed by atoms with van der Waals surface area (Å²) in [4.78, 5) is 0. The van der Waals surface area contributed by atoms with Gasteiger partial charge in [-0.25, -0.2) is 0 Å². The van der Waals surface area contributed by atoms with E-state index >= 15 is 0 Å². The van der Waals surface area contributed by atoms with Gasteiger partial charge in [-0.15, -0.1) is 11.6 Å². The minimum absolute atomic E-state index is 0.256. The van der Waals surface area contributed by atoms with Crippen molar-refractivity contribution in [1.82, 2.24) is 0 Å². The van der Waals surface area contributed by atoms with E-state index in [-0.39, 0.29) is 5.41 Å². The summed E-state index contributed by atoms with van der Waals surface area (Å²) in [5.74, 6) is 0.745. The van der Waals surface area contributed by atoms with Gasteiger partial charge in [0, 0.05) is 5.88 Å². The molecular formula is C14H21Cl. The molecule has 0 saturated heterocycles. The van der Waals surface area contributed by atoms with E-state index < -0.39 is 0 Å². The summed E-state index contributed by atoms with van der Waals surface area (Å²) >= 11 is 6.07. The van der Waals surface area contributed by atoms with Crippen molar-refractivity contribution >= 4 is 11.6 Å². The highest BCUT2D eigenvalue weighted by Crippen LogP contribution is 2.29. The van der Waals surface area contributed by atoms with Crippen LogP contribution in [0.3, 0.4) is 0 Å². The molecule has 1 atom stereocenters. The molecule has 1 rings (SSSR count). The molecule has 1 unspecified atom stereocenters. The van der Waals surface area contributed by atoms with Gasteiger partial charge in [-0.2, -0.15) is 0 Å². The third kappa shape index (κ3) is 3.87. The Balaban J connectivity index is 2.70. The van der Waals surface area contributed by atoms with Crippen molar-refractivity contribution in [1.29, 1.82) is 0 Å². The number of hydrogen-bond acceptors (Lipinski definition) is 0. The molecule has 0 saturated carbocycles. The van der Waals surface area contributed by atoms with Crippen LogP contribution in [0.1, 0.15) is 37.8 Å². The zero-order valence-corrected chi connectivity index (χ0v) is 10.8. The van der Waals surface area contributed by atoms with Crippen LogP contribution in [-0.2, 0) is 6.42 Å². The van der Waals surface area contributed by atoms with Crippen molar-refractivity contribution in [2.45, 2.75) is 40.0 Å². The number of aryl methyl sites for hydroxylation is 1. The van der Waals surface area contributed by atoms with E-state index in [1.54, 1.807) is 0 Å². The largest absolute Gasteiger partial charge is 0.126 e. The normalized spacial score (nSPS) is 14.9. The monoisotopic (exact) mass is 224 g/mol. The molecule has 0 aliphatic heterocycles. The van der Waals surface area contributed by atoms with Crippen LogP contribution in [0.25, 0.3) is 0 Å². The van der Waals surface area contributed by atoms with Gasteiger partial charge in [0.2, 0.25) is 0 Å². The predicted octanol–water partition coefficient (Wildman–Crippen LogP) is 4.58. The molecule has 0 aliphatic rings. The first kappa shape index (κ1) is 12.6. The van der Waals surface area contributed by atoms with Gasteiger partial charge in [-0.3, -0.25) is 0 Å². The van der Waals surface area contributed by atoms with Crippen LogP contribution in [0.15, 0.2) is 24.3 Å². The Morgan fingerprint density at radius 1 is 1.20 bits per heavy atom. The van der Waals surface area contributed by atoms with Gasteiger partial charge in [0.15, 0.2) is 0 Å². The first-order chi connectivity index (χ1) is 7.09. The van der Waals surface area contributed by atoms with Crippen molar-refractivity contribution < 1.29 is 0 Å². The van der Waals surface area contributed by atoms with Gasteiger partial charge >= 0.3 is 0 Å². The summed E-state index contributed by atoms with van der Waals surface area (Å²) in [6, 6.07) is 8.79. The Bertz CT molecular complexity index is 289. The molecular weight excluding hydrogens is 204 g/mol. The average molecular weight is 225 g/mol. The number of rotatable bonds is 5. The molecule has 0 radical (unpaired) electrons. The van der Waals surface area contributed by atoms with Crippen molar-refractivity contribution in [3.63, 3.8) is 0 Å². The lowest BCUT2D eigenvalue weighted by molar-refractivity contribution is 0.335. The molecule has 84 valence electrons. The summed E-state index contributed by atoms with van der Waals surface area (Å²) in [5, 5.41) is 0. The highest BCUT2D eigenvalue weighted by molar-refractivity contribution is 6.18. The highest BCUT2D eigenvalue weighted by Gasteiger charge is 2.22. The van der Waals surface area contributed by atoms with Gasteiger partial charge in [0.25, 0.3) is 0 Å². The topological polar surface area (TPSA) is 0 Å². The van der Waals surface area contributed by atoms with Crippen LogP contribution in [-0.4, -0.2) is 5.88 Å². The first-order valence-electron chi connectivity index (χ1n) is 5.71. The molecule has 0 fully saturated rings. The molecule has 1 aromatic carbocycles. The molecule has 0 N–H and O–H groups in total. The molecule has 0 heterocycles. The van der Waals surface area contributed by atoms with Gasteiger partial charge in [-0.05, 0) is 30.7 Å². The summed E-state index contributed by atoms with van der Waals surface area (Å²) < 4.78 is 0. The zero-order chi connectivity index (χ0) is 11.3. The number of halogens is 1. The molecule has 0 spiro atoms. The molecule has 1 aromatic rings. The van der Waals surface area contributed by atoms with Crippen molar-refractivity contribution in [3.8, 4) is 0 Å². The van der Waals surface area contributed by atoms with Crippen LogP contribution < -0.4 is 0 Å². The second kappa shape index (κ2) is 5.55. The quantitative estimate of drug-likeness (QED) is 0.643. The standard InChI is InChI=1S/C14H21Cl/c1-4-9-14(3,11-15)10-13-7-5-12(2)6-8-13/h5-8H,4,9-11H2,1-3H3. The average Bonchev–Trinajstić information content (AvgIpc) is 2.22. The summed E-state index contributed by atoms with van der Waals surface area (Å²) in [6.45, 7) is 6.62. The third-order valence-electron chi connectivity index (χ3n) is 2.93. The lowest BCUT2D eigenvalue weighted by Crippen LogP contribution is -2.21. The second-order valence-corrected chi connectivity index (χ2v) is 5.12. The Morgan fingerprint density at radius 2 is 1.80 bits per heavy atom. The van der Waals surface area contributed by atoms with E-state index in [1.807, 2.05) is 0 Å². The molecule has 0 nitrogen and oxygen atoms in total. The molecule has 0 bridgehead atoms. The fourth-order valence-electron chi connectivity index (χ4n) is 2.00. The summed E-state index contributed by atoms with van der Waals surface area (Å²) in [6.07, 6.45) is 3.49. The highest BCUT2D eigenvalue weighted by atomic mass is 35.5. The first-order valence-corrected chi connectivity index (χ1v) is 6.24. The van der Waals surface area contributed by atoms with Crippen LogP contribution in [0.2, 0.25) is 0 Å². The Kier molecular flexibility index (Phi) is 4.66. The van der Waals surface area contributed by atoms with E-state index in [1.165, 1.54) is 24.0 Å². The fraction of sp³-hybridized carbons (Fsp3) is 0.571. The van der Waals surface area contributed by atoms with Gasteiger partial charge in [0.1, 0.15) is 0 Å². The molecule has 0 amide bonds. The predicted molar refractivity (Wildman–Crippen MR) is 68.6 cm³/mol. The summed E-state index contributed by atoms with van der Waals surface area (Å²) in [7, 11) is 0. The van der Waals surface area contributed by atoms with E-state index in [4.69, 9.17) is 11.6 Å². The van der Waals surface area contributed by atoms with Crippen LogP contribution in [0.5, 0.6) is 0 Å². The van der Waals surface area contributed by atoms with Crippen molar-refractivity contribution in [2.75, 3.05) is 5.88 Å². The molecule has 0 aliphatic carbocycles. The molecule has 1 heteroatoms. The van der Waals surface area contributed by atoms with Gasteiger partial charge < -0.3 is 0 Å².